The van der Waals surface area contributed by atoms with Crippen molar-refractivity contribution >= 4 is 27.5 Å². The normalized spacial score (nSPS) is 11.2. The molecule has 0 atom stereocenters. The number of hydrogen-bond donors (Lipinski definition) is 0. The van der Waals surface area contributed by atoms with Crippen LogP contribution in [-0.2, 0) is 11.3 Å². The van der Waals surface area contributed by atoms with Gasteiger partial charge in [-0.25, -0.2) is 9.78 Å². The summed E-state index contributed by atoms with van der Waals surface area (Å²) in [4.78, 5) is 25.5. The van der Waals surface area contributed by atoms with E-state index in [1.807, 2.05) is 0 Å². The van der Waals surface area contributed by atoms with E-state index in [1.165, 1.54) is 12.0 Å². The number of aromatic nitrogens is 2. The van der Waals surface area contributed by atoms with Crippen molar-refractivity contribution in [2.24, 2.45) is 0 Å². The van der Waals surface area contributed by atoms with Gasteiger partial charge in [0.15, 0.2) is 0 Å². The van der Waals surface area contributed by atoms with Gasteiger partial charge >= 0.3 is 5.97 Å². The fourth-order valence-corrected chi connectivity index (χ4v) is 3.97. The summed E-state index contributed by atoms with van der Waals surface area (Å²) in [5.41, 5.74) is 1.61. The van der Waals surface area contributed by atoms with Gasteiger partial charge in [0.25, 0.3) is 0 Å². The van der Waals surface area contributed by atoms with Crippen molar-refractivity contribution in [2.75, 3.05) is 20.2 Å². The quantitative estimate of drug-likeness (QED) is 0.535. The van der Waals surface area contributed by atoms with Gasteiger partial charge < -0.3 is 9.47 Å². The van der Waals surface area contributed by atoms with Crippen molar-refractivity contribution < 1.29 is 14.3 Å². The zero-order valence-electron chi connectivity index (χ0n) is 16.9. The second-order valence-electron chi connectivity index (χ2n) is 6.49. The summed E-state index contributed by atoms with van der Waals surface area (Å²) in [6.07, 6.45) is 0. The number of fused-ring (bicyclic) bond motifs is 1. The van der Waals surface area contributed by atoms with E-state index in [1.54, 1.807) is 35.6 Å². The molecule has 0 bridgehead atoms. The molecule has 0 amide bonds. The maximum atomic E-state index is 11.6. The first-order valence-corrected chi connectivity index (χ1v) is 10.1. The molecule has 2 heterocycles. The van der Waals surface area contributed by atoms with Crippen molar-refractivity contribution in [1.29, 1.82) is 0 Å². The molecule has 0 N–H and O–H groups in total. The third-order valence-corrected chi connectivity index (χ3v) is 5.89. The van der Waals surface area contributed by atoms with E-state index in [9.17, 15) is 4.79 Å². The molecule has 6 nitrogen and oxygen atoms in total. The number of aryl methyl sites for hydroxylation is 2. The van der Waals surface area contributed by atoms with Crippen molar-refractivity contribution in [3.63, 3.8) is 0 Å². The molecule has 0 aliphatic carbocycles. The van der Waals surface area contributed by atoms with Gasteiger partial charge in [0.05, 0.1) is 24.6 Å². The predicted octanol–water partition coefficient (Wildman–Crippen LogP) is 4.73. The number of benzene rings is 1. The third-order valence-electron chi connectivity index (χ3n) is 4.79. The Bertz CT molecular complexity index is 979. The molecule has 3 rings (SSSR count). The van der Waals surface area contributed by atoms with Gasteiger partial charge in [0.1, 0.15) is 16.4 Å². The van der Waals surface area contributed by atoms with Crippen LogP contribution in [0, 0.1) is 13.8 Å². The Balaban J connectivity index is 1.99. The monoisotopic (exact) mass is 399 g/mol. The van der Waals surface area contributed by atoms with Crippen LogP contribution in [0.3, 0.4) is 0 Å². The summed E-state index contributed by atoms with van der Waals surface area (Å²) in [5.74, 6) is 1.55. The minimum Gasteiger partial charge on any atom is -0.465 e. The molecule has 0 unspecified atom stereocenters. The van der Waals surface area contributed by atoms with E-state index in [0.717, 1.165) is 34.7 Å². The maximum absolute atomic E-state index is 11.6. The van der Waals surface area contributed by atoms with Crippen molar-refractivity contribution in [2.45, 2.75) is 34.2 Å². The van der Waals surface area contributed by atoms with E-state index >= 15 is 0 Å². The fraction of sp³-hybridized carbons (Fsp3) is 0.381. The molecule has 1 aromatic carbocycles. The van der Waals surface area contributed by atoms with E-state index < -0.39 is 0 Å². The molecule has 2 aromatic heterocycles. The van der Waals surface area contributed by atoms with Crippen LogP contribution in [0.4, 0.5) is 0 Å². The lowest BCUT2D eigenvalue weighted by atomic mass is 10.2. The smallest absolute Gasteiger partial charge is 0.337 e. The molecule has 0 aliphatic rings. The topological polar surface area (TPSA) is 64.6 Å². The number of nitrogens with zero attached hydrogens (tertiary/aromatic N) is 3. The van der Waals surface area contributed by atoms with Crippen LogP contribution in [0.1, 0.15) is 40.5 Å². The second kappa shape index (κ2) is 8.67. The van der Waals surface area contributed by atoms with Crippen LogP contribution in [0.15, 0.2) is 24.3 Å². The molecule has 0 radical (unpaired) electrons. The average molecular weight is 400 g/mol. The first kappa shape index (κ1) is 20.2. The van der Waals surface area contributed by atoms with Crippen LogP contribution in [-0.4, -0.2) is 41.0 Å². The Kier molecular flexibility index (Phi) is 6.26. The molecule has 0 saturated carbocycles. The summed E-state index contributed by atoms with van der Waals surface area (Å²) in [7, 11) is 1.36. The molecule has 0 spiro atoms. The molecule has 0 saturated heterocycles. The highest BCUT2D eigenvalue weighted by atomic mass is 32.1. The number of carbonyl (C=O) groups is 1. The third kappa shape index (κ3) is 4.15. The second-order valence-corrected chi connectivity index (χ2v) is 7.69. The highest BCUT2D eigenvalue weighted by molar-refractivity contribution is 7.18. The zero-order valence-corrected chi connectivity index (χ0v) is 17.7. The van der Waals surface area contributed by atoms with Gasteiger partial charge in [-0.3, -0.25) is 4.90 Å². The summed E-state index contributed by atoms with van der Waals surface area (Å²) in [6.45, 7) is 11.0. The minimum atomic E-state index is -0.373. The number of carbonyl (C=O) groups excluding carboxylic acids is 1. The summed E-state index contributed by atoms with van der Waals surface area (Å²) < 4.78 is 10.9. The summed E-state index contributed by atoms with van der Waals surface area (Å²) >= 11 is 1.66. The van der Waals surface area contributed by atoms with Crippen LogP contribution < -0.4 is 4.74 Å². The van der Waals surface area contributed by atoms with Crippen molar-refractivity contribution in [3.8, 4) is 11.6 Å². The van der Waals surface area contributed by atoms with Gasteiger partial charge in [0, 0.05) is 4.88 Å². The maximum Gasteiger partial charge on any atom is 0.337 e. The zero-order chi connectivity index (χ0) is 20.3. The van der Waals surface area contributed by atoms with Gasteiger partial charge in [-0.1, -0.05) is 13.8 Å². The highest BCUT2D eigenvalue weighted by Gasteiger charge is 2.17. The summed E-state index contributed by atoms with van der Waals surface area (Å²) in [5, 5.41) is 0.947. The van der Waals surface area contributed by atoms with Crippen molar-refractivity contribution in [1.82, 2.24) is 14.9 Å². The average Bonchev–Trinajstić information content (AvgIpc) is 2.99. The SMILES string of the molecule is CCN(CC)Cc1nc(Oc2ccc(C(=O)OC)cc2)c2c(C)c(C)sc2n1. The number of methoxy groups -OCH3 is 1. The fourth-order valence-electron chi connectivity index (χ4n) is 2.94. The number of esters is 1. The molecule has 7 heteroatoms. The molecule has 0 fully saturated rings. The molecular formula is C21H25N3O3S. The number of thiophene rings is 1. The first-order valence-electron chi connectivity index (χ1n) is 9.32. The Morgan fingerprint density at radius 3 is 2.39 bits per heavy atom. The molecule has 28 heavy (non-hydrogen) atoms. The van der Waals surface area contributed by atoms with E-state index in [0.29, 0.717) is 23.7 Å². The first-order chi connectivity index (χ1) is 13.5. The number of rotatable bonds is 7. The van der Waals surface area contributed by atoms with Gasteiger partial charge in [-0.05, 0) is 56.8 Å². The van der Waals surface area contributed by atoms with Crippen LogP contribution in [0.25, 0.3) is 10.2 Å². The Morgan fingerprint density at radius 2 is 1.79 bits per heavy atom. The highest BCUT2D eigenvalue weighted by Crippen LogP contribution is 2.36. The van der Waals surface area contributed by atoms with Crippen molar-refractivity contribution in [3.05, 3.63) is 46.1 Å². The number of ether oxygens (including phenoxy) is 2. The molecule has 3 aromatic rings. The lowest BCUT2D eigenvalue weighted by molar-refractivity contribution is 0.0600. The Morgan fingerprint density at radius 1 is 1.11 bits per heavy atom. The molecular weight excluding hydrogens is 374 g/mol. The van der Waals surface area contributed by atoms with E-state index in [-0.39, 0.29) is 5.97 Å². The standard InChI is InChI=1S/C21H25N3O3S/c1-6-24(7-2)12-17-22-19(18-13(3)14(4)28-20(18)23-17)27-16-10-8-15(9-11-16)21(25)26-5/h8-11H,6-7,12H2,1-5H3. The van der Waals surface area contributed by atoms with Gasteiger partial charge in [-0.15, -0.1) is 11.3 Å². The van der Waals surface area contributed by atoms with Crippen LogP contribution >= 0.6 is 11.3 Å². The molecule has 0 aliphatic heterocycles. The minimum absolute atomic E-state index is 0.373. The van der Waals surface area contributed by atoms with Crippen LogP contribution in [0.5, 0.6) is 11.6 Å². The largest absolute Gasteiger partial charge is 0.465 e. The number of hydrogen-bond acceptors (Lipinski definition) is 7. The van der Waals surface area contributed by atoms with Gasteiger partial charge in [-0.2, -0.15) is 4.98 Å². The lowest BCUT2D eigenvalue weighted by Gasteiger charge is -2.17. The van der Waals surface area contributed by atoms with E-state index in [2.05, 4.69) is 32.6 Å². The van der Waals surface area contributed by atoms with Gasteiger partial charge in [0.2, 0.25) is 5.88 Å². The predicted molar refractivity (Wildman–Crippen MR) is 111 cm³/mol. The van der Waals surface area contributed by atoms with E-state index in [4.69, 9.17) is 19.4 Å². The Hall–Kier alpha value is -2.51. The van der Waals surface area contributed by atoms with Crippen LogP contribution in [0.2, 0.25) is 0 Å². The molecule has 148 valence electrons. The Labute approximate surface area is 169 Å². The summed E-state index contributed by atoms with van der Waals surface area (Å²) in [6, 6.07) is 6.86. The lowest BCUT2D eigenvalue weighted by Crippen LogP contribution is -2.23.